The molecular formula is C29H34N8O2. The van der Waals surface area contributed by atoms with Gasteiger partial charge in [0, 0.05) is 81.6 Å². The van der Waals surface area contributed by atoms with Crippen molar-refractivity contribution in [1.29, 1.82) is 0 Å². The van der Waals surface area contributed by atoms with Gasteiger partial charge in [-0.15, -0.1) is 0 Å². The molecule has 0 spiro atoms. The summed E-state index contributed by atoms with van der Waals surface area (Å²) in [5.74, 6) is 1.53. The van der Waals surface area contributed by atoms with Gasteiger partial charge in [-0.3, -0.25) is 19.4 Å². The largest absolute Gasteiger partial charge is 0.353 e. The second kappa shape index (κ2) is 11.5. The monoisotopic (exact) mass is 526 g/mol. The van der Waals surface area contributed by atoms with Crippen LogP contribution in [-0.4, -0.2) is 87.3 Å². The van der Waals surface area contributed by atoms with Gasteiger partial charge in [0.15, 0.2) is 0 Å². The van der Waals surface area contributed by atoms with E-state index in [4.69, 9.17) is 0 Å². The van der Waals surface area contributed by atoms with E-state index in [1.165, 1.54) is 5.56 Å². The molecule has 0 radical (unpaired) electrons. The molecule has 7 heterocycles. The van der Waals surface area contributed by atoms with Crippen LogP contribution in [-0.2, 0) is 22.7 Å². The average Bonchev–Trinajstić information content (AvgIpc) is 3.79. The summed E-state index contributed by atoms with van der Waals surface area (Å²) in [6.45, 7) is 5.94. The predicted octanol–water partition coefficient (Wildman–Crippen LogP) is 2.27. The first-order valence-electron chi connectivity index (χ1n) is 13.7. The van der Waals surface area contributed by atoms with E-state index in [2.05, 4.69) is 53.6 Å². The van der Waals surface area contributed by atoms with Crippen molar-refractivity contribution in [3.8, 4) is 11.1 Å². The quantitative estimate of drug-likeness (QED) is 0.498. The van der Waals surface area contributed by atoms with E-state index in [0.717, 1.165) is 68.2 Å². The first-order chi connectivity index (χ1) is 19.1. The fraction of sp³-hybridized carbons (Fsp3) is 0.414. The van der Waals surface area contributed by atoms with E-state index in [0.29, 0.717) is 32.0 Å². The van der Waals surface area contributed by atoms with Crippen LogP contribution in [0.25, 0.3) is 11.1 Å². The van der Waals surface area contributed by atoms with Gasteiger partial charge in [-0.05, 0) is 48.2 Å². The number of carbonyl (C=O) groups excluding carboxylic acids is 2. The van der Waals surface area contributed by atoms with Crippen LogP contribution in [0, 0.1) is 5.92 Å². The number of nitrogens with zero attached hydrogens (tertiary/aromatic N) is 6. The van der Waals surface area contributed by atoms with Gasteiger partial charge in [-0.25, -0.2) is 15.0 Å². The molecule has 1 aliphatic carbocycles. The van der Waals surface area contributed by atoms with Crippen LogP contribution in [0.5, 0.6) is 0 Å². The van der Waals surface area contributed by atoms with E-state index in [-0.39, 0.29) is 17.7 Å². The standard InChI is InChI=1S/C29H34N8O2/c38-28-20-36-12-10-35(11-13-36)18-21-2-1-3-25(14-21)34-26-15-23(6-7-30-26)24-16-32-27(33-17-24)19-37(9-8-31-28)29(39)22-4-5-22/h1-3,6-7,14-17,22H,4-5,8-13,18-20H2,(H,30,34)(H,31,38). The minimum absolute atomic E-state index is 0.00426. The summed E-state index contributed by atoms with van der Waals surface area (Å²) in [7, 11) is 0. The molecule has 1 aromatic carbocycles. The number of rotatable bonds is 1. The Balaban J connectivity index is 1.25. The molecule has 1 saturated carbocycles. The van der Waals surface area contributed by atoms with Crippen LogP contribution in [0.3, 0.4) is 0 Å². The molecule has 2 N–H and O–H groups in total. The Morgan fingerprint density at radius 2 is 1.62 bits per heavy atom. The van der Waals surface area contributed by atoms with Gasteiger partial charge in [-0.1, -0.05) is 12.1 Å². The summed E-state index contributed by atoms with van der Waals surface area (Å²) >= 11 is 0. The SMILES string of the molecule is O=C1CN2CCN(CC2)Cc2cccc(c2)Nc2cc(ccn2)-c2cnc(nc2)CN(C(=O)C2CC2)CCN1. The van der Waals surface area contributed by atoms with Crippen molar-refractivity contribution in [1.82, 2.24) is 35.0 Å². The van der Waals surface area contributed by atoms with Gasteiger partial charge in [0.05, 0.1) is 13.1 Å². The summed E-state index contributed by atoms with van der Waals surface area (Å²) in [6.07, 6.45) is 7.21. The van der Waals surface area contributed by atoms with Gasteiger partial charge < -0.3 is 15.5 Å². The highest BCUT2D eigenvalue weighted by atomic mass is 16.2. The summed E-state index contributed by atoms with van der Waals surface area (Å²) < 4.78 is 0. The topological polar surface area (TPSA) is 107 Å². The maximum Gasteiger partial charge on any atom is 0.234 e. The van der Waals surface area contributed by atoms with Crippen molar-refractivity contribution in [3.63, 3.8) is 0 Å². The Kier molecular flexibility index (Phi) is 7.46. The molecule has 39 heavy (non-hydrogen) atoms. The third kappa shape index (κ3) is 6.58. The zero-order valence-corrected chi connectivity index (χ0v) is 22.1. The molecule has 202 valence electrons. The van der Waals surface area contributed by atoms with Gasteiger partial charge in [0.1, 0.15) is 11.6 Å². The van der Waals surface area contributed by atoms with Crippen molar-refractivity contribution >= 4 is 23.3 Å². The molecule has 9 rings (SSSR count). The molecule has 0 atom stereocenters. The molecular weight excluding hydrogens is 492 g/mol. The normalized spacial score (nSPS) is 22.2. The first kappa shape index (κ1) is 25.4. The Labute approximate surface area is 228 Å². The highest BCUT2D eigenvalue weighted by Crippen LogP contribution is 2.31. The molecule has 5 aliphatic heterocycles. The number of hydrogen-bond acceptors (Lipinski definition) is 8. The minimum atomic E-state index is -0.00426. The number of anilines is 2. The average molecular weight is 527 g/mol. The van der Waals surface area contributed by atoms with Gasteiger partial charge in [0.25, 0.3) is 0 Å². The Morgan fingerprint density at radius 1 is 0.846 bits per heavy atom. The second-order valence-corrected chi connectivity index (χ2v) is 10.6. The number of carbonyl (C=O) groups is 2. The number of pyridine rings is 1. The summed E-state index contributed by atoms with van der Waals surface area (Å²) in [5.41, 5.74) is 4.05. The third-order valence-corrected chi connectivity index (χ3v) is 7.51. The molecule has 6 aliphatic rings. The lowest BCUT2D eigenvalue weighted by Gasteiger charge is -2.34. The predicted molar refractivity (Wildman–Crippen MR) is 148 cm³/mol. The molecule has 1 saturated heterocycles. The Bertz CT molecular complexity index is 1320. The van der Waals surface area contributed by atoms with Crippen LogP contribution in [0.1, 0.15) is 24.2 Å². The van der Waals surface area contributed by atoms with Crippen LogP contribution in [0.2, 0.25) is 0 Å². The minimum Gasteiger partial charge on any atom is -0.353 e. The number of hydrogen-bond donors (Lipinski definition) is 2. The lowest BCUT2D eigenvalue weighted by atomic mass is 10.1. The van der Waals surface area contributed by atoms with Crippen LogP contribution in [0.4, 0.5) is 11.5 Å². The summed E-state index contributed by atoms with van der Waals surface area (Å²) in [5, 5.41) is 6.45. The summed E-state index contributed by atoms with van der Waals surface area (Å²) in [4.78, 5) is 45.6. The van der Waals surface area contributed by atoms with Gasteiger partial charge >= 0.3 is 0 Å². The third-order valence-electron chi connectivity index (χ3n) is 7.51. The fourth-order valence-electron chi connectivity index (χ4n) is 5.14. The van der Waals surface area contributed by atoms with E-state index < -0.39 is 0 Å². The first-order valence-corrected chi connectivity index (χ1v) is 13.7. The van der Waals surface area contributed by atoms with Gasteiger partial charge in [0.2, 0.25) is 11.8 Å². The number of benzene rings is 1. The highest BCUT2D eigenvalue weighted by molar-refractivity contribution is 5.81. The molecule has 2 aromatic heterocycles. The molecule has 3 aromatic rings. The van der Waals surface area contributed by atoms with Crippen molar-refractivity contribution in [3.05, 3.63) is 66.4 Å². The maximum atomic E-state index is 13.0. The van der Waals surface area contributed by atoms with E-state index in [9.17, 15) is 9.59 Å². The second-order valence-electron chi connectivity index (χ2n) is 10.6. The number of nitrogens with one attached hydrogen (secondary N) is 2. The fourth-order valence-corrected chi connectivity index (χ4v) is 5.14. The van der Waals surface area contributed by atoms with Crippen LogP contribution in [0.15, 0.2) is 55.0 Å². The van der Waals surface area contributed by atoms with Crippen LogP contribution < -0.4 is 10.6 Å². The molecule has 10 heteroatoms. The lowest BCUT2D eigenvalue weighted by molar-refractivity contribution is -0.133. The molecule has 0 unspecified atom stereocenters. The molecule has 8 bridgehead atoms. The molecule has 10 nitrogen and oxygen atoms in total. The zero-order valence-electron chi connectivity index (χ0n) is 22.1. The van der Waals surface area contributed by atoms with Crippen molar-refractivity contribution in [2.24, 2.45) is 5.92 Å². The van der Waals surface area contributed by atoms with E-state index in [1.54, 1.807) is 23.5 Å². The molecule has 2 fully saturated rings. The molecule has 2 amide bonds. The van der Waals surface area contributed by atoms with Crippen molar-refractivity contribution < 1.29 is 9.59 Å². The Hall–Kier alpha value is -3.89. The maximum absolute atomic E-state index is 13.0. The zero-order chi connectivity index (χ0) is 26.6. The van der Waals surface area contributed by atoms with Crippen molar-refractivity contribution in [2.45, 2.75) is 25.9 Å². The lowest BCUT2D eigenvalue weighted by Crippen LogP contribution is -2.49. The number of aromatic nitrogens is 3. The van der Waals surface area contributed by atoms with E-state index in [1.807, 2.05) is 18.2 Å². The van der Waals surface area contributed by atoms with Crippen LogP contribution >= 0.6 is 0 Å². The highest BCUT2D eigenvalue weighted by Gasteiger charge is 2.33. The smallest absolute Gasteiger partial charge is 0.234 e. The van der Waals surface area contributed by atoms with Crippen molar-refractivity contribution in [2.75, 3.05) is 51.1 Å². The van der Waals surface area contributed by atoms with E-state index >= 15 is 0 Å². The number of piperazine rings is 1. The summed E-state index contributed by atoms with van der Waals surface area (Å²) in [6, 6.07) is 12.3. The number of amides is 2. The van der Waals surface area contributed by atoms with Gasteiger partial charge in [-0.2, -0.15) is 0 Å². The Morgan fingerprint density at radius 3 is 2.38 bits per heavy atom.